The van der Waals surface area contributed by atoms with Gasteiger partial charge >= 0.3 is 0 Å². The predicted molar refractivity (Wildman–Crippen MR) is 311 cm³/mol. The summed E-state index contributed by atoms with van der Waals surface area (Å²) in [5.74, 6) is -8.73. The highest BCUT2D eigenvalue weighted by molar-refractivity contribution is 7.89. The second kappa shape index (κ2) is 28.8. The molecule has 3 aliphatic heterocycles. The first kappa shape index (κ1) is 69.2. The molecule has 18 nitrogen and oxygen atoms in total. The van der Waals surface area contributed by atoms with E-state index in [1.807, 2.05) is 0 Å². The molecule has 1 aliphatic carbocycles. The second-order valence-corrected chi connectivity index (χ2v) is 27.9. The van der Waals surface area contributed by atoms with Crippen molar-refractivity contribution < 1.29 is 94.5 Å². The molecule has 3 heterocycles. The van der Waals surface area contributed by atoms with E-state index in [1.54, 1.807) is 0 Å². The van der Waals surface area contributed by atoms with Crippen LogP contribution >= 0.6 is 23.2 Å². The van der Waals surface area contributed by atoms with Crippen molar-refractivity contribution in [3.05, 3.63) is 177 Å². The Morgan fingerprint density at radius 3 is 1.16 bits per heavy atom. The van der Waals surface area contributed by atoms with Crippen molar-refractivity contribution in [2.75, 3.05) is 55.2 Å². The number of hydrogen-bond acceptors (Lipinski definition) is 12. The van der Waals surface area contributed by atoms with Crippen molar-refractivity contribution >= 4 is 88.1 Å². The molecule has 32 heteroatoms. The van der Waals surface area contributed by atoms with Gasteiger partial charge in [-0.3, -0.25) is 14.4 Å². The molecule has 3 saturated heterocycles. The summed E-state index contributed by atoms with van der Waals surface area (Å²) >= 11 is 11.4. The number of aliphatic hydroxyl groups excluding tert-OH is 3. The van der Waals surface area contributed by atoms with E-state index in [0.717, 1.165) is 104 Å². The third kappa shape index (κ3) is 16.7. The summed E-state index contributed by atoms with van der Waals surface area (Å²) in [4.78, 5) is 35.2. The lowest BCUT2D eigenvalue weighted by Crippen LogP contribution is -2.39. The molecule has 0 aromatic heterocycles. The molecule has 3 amide bonds. The van der Waals surface area contributed by atoms with Gasteiger partial charge in [0.1, 0.15) is 56.1 Å². The molecule has 90 heavy (non-hydrogen) atoms. The number of anilines is 3. The summed E-state index contributed by atoms with van der Waals surface area (Å²) in [7, 11) is -13.2. The summed E-state index contributed by atoms with van der Waals surface area (Å²) in [5, 5.41) is 36.4. The average molecular weight is 1370 g/mol. The molecule has 6 N–H and O–H groups in total. The zero-order valence-corrected chi connectivity index (χ0v) is 50.6. The summed E-state index contributed by atoms with van der Waals surface area (Å²) in [6, 6.07) is 18.1. The Morgan fingerprint density at radius 2 is 0.778 bits per heavy atom. The summed E-state index contributed by atoms with van der Waals surface area (Å²) < 4.78 is 204. The third-order valence-corrected chi connectivity index (χ3v) is 21.0. The van der Waals surface area contributed by atoms with E-state index in [4.69, 9.17) is 23.2 Å². The van der Waals surface area contributed by atoms with Crippen LogP contribution in [-0.2, 0) is 30.1 Å². The Labute approximate surface area is 520 Å². The second-order valence-electron chi connectivity index (χ2n) is 21.3. The minimum Gasteiger partial charge on any atom is -0.392 e. The minimum atomic E-state index is -4.47. The Kier molecular flexibility index (Phi) is 22.2. The fourth-order valence-corrected chi connectivity index (χ4v) is 15.0. The van der Waals surface area contributed by atoms with E-state index in [0.29, 0.717) is 12.3 Å². The first-order valence-electron chi connectivity index (χ1n) is 27.3. The maximum absolute atomic E-state index is 14.5. The smallest absolute Gasteiger partial charge is 0.255 e. The topological polar surface area (TPSA) is 260 Å². The molecule has 4 aliphatic rings. The SMILES string of the molecule is O=C(Nc1ccc(F)c(Cl)c1)c1ccc(F)c(S(=O)(=O)N2CC(O)CC3CC3C2)c1.O=C(Nc1ccc(F)c(Cl)c1)c1ccc(F)c(S(=O)(=O)N2CCCC(F)[C@@H](O)C2)c1.O=C(Nc1ccc(F)c(F)c1)c1ccc(F)c(S(=O)(=O)N2CCCC(F)[C@H](O)C2)c1. The van der Waals surface area contributed by atoms with Crippen LogP contribution in [0.2, 0.25) is 10.0 Å². The number of β-amino-alcohol motifs (C(OH)–C–C–N with tert-alkyl or cyclic N) is 3. The molecule has 0 spiro atoms. The van der Waals surface area contributed by atoms with E-state index in [1.165, 1.54) is 24.3 Å². The molecular formula is C58H55Cl2F9N6O12S3. The van der Waals surface area contributed by atoms with Crippen LogP contribution in [0.15, 0.2) is 124 Å². The Bertz CT molecular complexity index is 3890. The number of nitrogens with one attached hydrogen (secondary N) is 3. The normalized spacial score (nSPS) is 21.7. The lowest BCUT2D eigenvalue weighted by Gasteiger charge is -2.23. The largest absolute Gasteiger partial charge is 0.392 e. The first-order valence-corrected chi connectivity index (χ1v) is 32.4. The number of rotatable bonds is 12. The van der Waals surface area contributed by atoms with Gasteiger partial charge in [-0.1, -0.05) is 23.2 Å². The van der Waals surface area contributed by atoms with Gasteiger partial charge in [-0.05, 0) is 153 Å². The van der Waals surface area contributed by atoms with Gasteiger partial charge in [0.2, 0.25) is 30.1 Å². The van der Waals surface area contributed by atoms with E-state index in [-0.39, 0.29) is 102 Å². The van der Waals surface area contributed by atoms with Gasteiger partial charge in [0.05, 0.1) is 28.4 Å². The molecule has 1 saturated carbocycles. The predicted octanol–water partition coefficient (Wildman–Crippen LogP) is 9.46. The lowest BCUT2D eigenvalue weighted by molar-refractivity contribution is 0.0709. The number of amides is 3. The van der Waals surface area contributed by atoms with Crippen LogP contribution in [0.4, 0.5) is 56.6 Å². The molecule has 5 unspecified atom stereocenters. The van der Waals surface area contributed by atoms with Gasteiger partial charge in [0.15, 0.2) is 11.6 Å². The van der Waals surface area contributed by atoms with E-state index in [9.17, 15) is 94.5 Å². The maximum Gasteiger partial charge on any atom is 0.255 e. The third-order valence-electron chi connectivity index (χ3n) is 14.9. The van der Waals surface area contributed by atoms with Crippen LogP contribution in [0.25, 0.3) is 0 Å². The maximum atomic E-state index is 14.5. The summed E-state index contributed by atoms with van der Waals surface area (Å²) in [5.41, 5.74) is -0.236. The van der Waals surface area contributed by atoms with E-state index in [2.05, 4.69) is 16.0 Å². The van der Waals surface area contributed by atoms with Gasteiger partial charge in [0.25, 0.3) is 17.7 Å². The fraction of sp³-hybridized carbons (Fsp3) is 0.328. The summed E-state index contributed by atoms with van der Waals surface area (Å²) in [6.45, 7) is -1.18. The van der Waals surface area contributed by atoms with Crippen LogP contribution in [0.3, 0.4) is 0 Å². The monoisotopic (exact) mass is 1360 g/mol. The Balaban J connectivity index is 0.000000174. The van der Waals surface area contributed by atoms with E-state index < -0.39 is 147 Å². The molecule has 6 aromatic carbocycles. The molecule has 6 aromatic rings. The molecule has 4 fully saturated rings. The van der Waals surface area contributed by atoms with Crippen molar-refractivity contribution in [1.82, 2.24) is 12.9 Å². The molecule has 10 rings (SSSR count). The number of carbonyl (C=O) groups is 3. The van der Waals surface area contributed by atoms with Gasteiger partial charge in [-0.25, -0.2) is 64.8 Å². The molecule has 7 atom stereocenters. The Morgan fingerprint density at radius 1 is 0.422 bits per heavy atom. The van der Waals surface area contributed by atoms with Gasteiger partial charge in [0, 0.05) is 79.1 Å². The number of alkyl halides is 2. The van der Waals surface area contributed by atoms with Crippen molar-refractivity contribution in [2.45, 2.75) is 83.9 Å². The van der Waals surface area contributed by atoms with Crippen molar-refractivity contribution in [1.29, 1.82) is 0 Å². The van der Waals surface area contributed by atoms with Crippen LogP contribution in [0.1, 0.15) is 69.6 Å². The molecule has 0 bridgehead atoms. The average Bonchev–Trinajstić information content (AvgIpc) is 1.37. The standard InChI is InChI=1S/C20H19ClF2N2O4S.C19H18ClF3N2O4S.C19H18F4N2O4S/c21-16-8-14(2-4-17(16)22)24-20(27)11-1-3-18(23)19(7-11)30(28,29)25-9-13-5-12(13)6-15(26)10-25;20-13-9-12(4-6-14(13)21)24-19(27)11-3-5-16(23)18(8-11)30(28,29)25-7-1-2-15(22)17(26)10-25;20-13-6-4-12(9-16(13)23)24-19(27)11-3-5-15(22)18(8-11)30(28,29)25-7-1-2-14(21)17(26)10-25/h1-4,7-8,12-13,15,26H,5-6,9-10H2,(H,24,27);3-6,8-9,15,17,26H,1-2,7,10H2,(H,24,27);3-6,8-9,14,17,26H,1-2,7,10H2,(H,24,27)/t;15?,17-;14?,17-/m.01/s1. The molecular weight excluding hydrogens is 1310 g/mol. The number of halogens is 11. The summed E-state index contributed by atoms with van der Waals surface area (Å²) in [6.07, 6.45) is -5.45. The van der Waals surface area contributed by atoms with Crippen molar-refractivity contribution in [3.8, 4) is 0 Å². The molecule has 0 radical (unpaired) electrons. The quantitative estimate of drug-likeness (QED) is 0.0626. The number of aliphatic hydroxyl groups is 3. The highest BCUT2D eigenvalue weighted by Gasteiger charge is 2.46. The first-order chi connectivity index (χ1) is 42.3. The number of benzene rings is 6. The van der Waals surface area contributed by atoms with Gasteiger partial charge in [-0.15, -0.1) is 0 Å². The number of fused-ring (bicyclic) bond motifs is 1. The zero-order chi connectivity index (χ0) is 65.7. The number of carbonyl (C=O) groups excluding carboxylic acids is 3. The van der Waals surface area contributed by atoms with Crippen molar-refractivity contribution in [2.24, 2.45) is 11.8 Å². The Hall–Kier alpha value is -6.71. The van der Waals surface area contributed by atoms with Crippen LogP contribution in [0.5, 0.6) is 0 Å². The van der Waals surface area contributed by atoms with Gasteiger partial charge in [-0.2, -0.15) is 12.9 Å². The zero-order valence-electron chi connectivity index (χ0n) is 46.7. The molecule has 484 valence electrons. The number of hydrogen-bond donors (Lipinski definition) is 6. The lowest BCUT2D eigenvalue weighted by atomic mass is 10.1. The van der Waals surface area contributed by atoms with Crippen LogP contribution in [-0.4, -0.2) is 141 Å². The highest BCUT2D eigenvalue weighted by atomic mass is 35.5. The number of sulfonamides is 3. The van der Waals surface area contributed by atoms with Crippen LogP contribution < -0.4 is 16.0 Å². The van der Waals surface area contributed by atoms with E-state index >= 15 is 0 Å². The number of nitrogens with zero attached hydrogens (tertiary/aromatic N) is 3. The highest BCUT2D eigenvalue weighted by Crippen LogP contribution is 2.45. The minimum absolute atomic E-state index is 0.0155. The fourth-order valence-electron chi connectivity index (χ4n) is 9.86. The van der Waals surface area contributed by atoms with Crippen LogP contribution in [0, 0.1) is 52.6 Å². The van der Waals surface area contributed by atoms with Crippen molar-refractivity contribution in [3.63, 3.8) is 0 Å². The van der Waals surface area contributed by atoms with Gasteiger partial charge < -0.3 is 31.3 Å².